The first-order valence-corrected chi connectivity index (χ1v) is 4.61. The zero-order chi connectivity index (χ0) is 8.39. The van der Waals surface area contributed by atoms with Crippen LogP contribution in [0.15, 0.2) is 30.6 Å². The molecule has 12 heavy (non-hydrogen) atoms. The number of hydrogen-bond acceptors (Lipinski definition) is 1. The van der Waals surface area contributed by atoms with E-state index in [1.165, 1.54) is 3.57 Å². The van der Waals surface area contributed by atoms with Crippen molar-refractivity contribution in [2.24, 2.45) is 0 Å². The fourth-order valence-corrected chi connectivity index (χ4v) is 1.56. The lowest BCUT2D eigenvalue weighted by Gasteiger charge is -1.95. The maximum atomic E-state index is 4.11. The Morgan fingerprint density at radius 3 is 3.00 bits per heavy atom. The molecule has 0 aliphatic heterocycles. The number of aromatic amines is 1. The molecule has 1 radical (unpaired) electrons. The molecule has 0 spiro atoms. The fourth-order valence-electron chi connectivity index (χ4n) is 1.01. The average molecular weight is 269 g/mol. The fraction of sp³-hybridized carbons (Fsp3) is 0. The zero-order valence-electron chi connectivity index (χ0n) is 6.21. The minimum absolute atomic E-state index is 0.869. The summed E-state index contributed by atoms with van der Waals surface area (Å²) in [5, 5.41) is 0. The minimum atomic E-state index is 0.869. The van der Waals surface area contributed by atoms with Gasteiger partial charge in [0.2, 0.25) is 0 Å². The lowest BCUT2D eigenvalue weighted by molar-refractivity contribution is 1.31. The van der Waals surface area contributed by atoms with Gasteiger partial charge in [-0.05, 0) is 34.7 Å². The summed E-state index contributed by atoms with van der Waals surface area (Å²) < 4.78 is 1.21. The SMILES string of the molecule is Ic1cccc(-c2[c][nH]cn2)c1. The van der Waals surface area contributed by atoms with E-state index in [2.05, 4.69) is 50.9 Å². The first kappa shape index (κ1) is 7.79. The summed E-state index contributed by atoms with van der Waals surface area (Å²) in [6, 6.07) is 8.17. The molecule has 2 rings (SSSR count). The van der Waals surface area contributed by atoms with Gasteiger partial charge in [0, 0.05) is 9.13 Å². The van der Waals surface area contributed by atoms with E-state index in [4.69, 9.17) is 0 Å². The second kappa shape index (κ2) is 3.26. The molecule has 1 aromatic carbocycles. The van der Waals surface area contributed by atoms with E-state index in [0.717, 1.165) is 11.3 Å². The molecule has 1 heterocycles. The van der Waals surface area contributed by atoms with E-state index in [0.29, 0.717) is 0 Å². The lowest BCUT2D eigenvalue weighted by Crippen LogP contribution is -1.77. The van der Waals surface area contributed by atoms with Crippen LogP contribution in [0, 0.1) is 9.77 Å². The topological polar surface area (TPSA) is 28.7 Å². The standard InChI is InChI=1S/C9H6IN2/c10-8-3-1-2-7(4-8)9-5-11-6-12-9/h1-4,6H,(H,11,12). The van der Waals surface area contributed by atoms with Gasteiger partial charge in [0.1, 0.15) is 0 Å². The normalized spacial score (nSPS) is 10.1. The van der Waals surface area contributed by atoms with Gasteiger partial charge in [0.05, 0.1) is 18.2 Å². The van der Waals surface area contributed by atoms with Crippen LogP contribution in [-0.4, -0.2) is 9.97 Å². The summed E-state index contributed by atoms with van der Waals surface area (Å²) in [5.41, 5.74) is 1.97. The molecule has 2 nitrogen and oxygen atoms in total. The number of imidazole rings is 1. The highest BCUT2D eigenvalue weighted by Crippen LogP contribution is 2.17. The Morgan fingerprint density at radius 1 is 1.42 bits per heavy atom. The number of nitrogens with zero attached hydrogens (tertiary/aromatic N) is 1. The number of rotatable bonds is 1. The molecule has 0 fully saturated rings. The third kappa shape index (κ3) is 1.50. The van der Waals surface area contributed by atoms with Crippen molar-refractivity contribution >= 4 is 22.6 Å². The second-order valence-corrected chi connectivity index (χ2v) is 3.63. The number of nitrogens with one attached hydrogen (secondary N) is 1. The number of H-pyrrole nitrogens is 1. The van der Waals surface area contributed by atoms with Crippen molar-refractivity contribution in [2.75, 3.05) is 0 Å². The van der Waals surface area contributed by atoms with Gasteiger partial charge in [-0.25, -0.2) is 4.98 Å². The van der Waals surface area contributed by atoms with Crippen LogP contribution in [0.25, 0.3) is 11.3 Å². The highest BCUT2D eigenvalue weighted by atomic mass is 127. The monoisotopic (exact) mass is 269 g/mol. The van der Waals surface area contributed by atoms with Gasteiger partial charge in [-0.1, -0.05) is 12.1 Å². The molecule has 0 amide bonds. The molecular formula is C9H6IN2. The third-order valence-electron chi connectivity index (χ3n) is 1.55. The van der Waals surface area contributed by atoms with E-state index in [1.807, 2.05) is 12.1 Å². The van der Waals surface area contributed by atoms with Crippen molar-refractivity contribution in [3.05, 3.63) is 40.4 Å². The molecular weight excluding hydrogens is 263 g/mol. The van der Waals surface area contributed by atoms with Crippen LogP contribution in [0.3, 0.4) is 0 Å². The molecule has 0 bridgehead atoms. The number of halogens is 1. The summed E-state index contributed by atoms with van der Waals surface area (Å²) in [6.07, 6.45) is 4.58. The lowest BCUT2D eigenvalue weighted by atomic mass is 10.2. The van der Waals surface area contributed by atoms with Crippen LogP contribution in [0.4, 0.5) is 0 Å². The first-order chi connectivity index (χ1) is 5.86. The van der Waals surface area contributed by atoms with Crippen LogP contribution < -0.4 is 0 Å². The molecule has 1 N–H and O–H groups in total. The van der Waals surface area contributed by atoms with Crippen LogP contribution in [-0.2, 0) is 0 Å². The van der Waals surface area contributed by atoms with Gasteiger partial charge in [-0.15, -0.1) is 0 Å². The van der Waals surface area contributed by atoms with Crippen molar-refractivity contribution in [1.82, 2.24) is 9.97 Å². The Kier molecular flexibility index (Phi) is 2.12. The van der Waals surface area contributed by atoms with Crippen LogP contribution >= 0.6 is 22.6 Å². The van der Waals surface area contributed by atoms with Crippen molar-refractivity contribution in [3.8, 4) is 11.3 Å². The number of hydrogen-bond donors (Lipinski definition) is 1. The molecule has 0 saturated carbocycles. The molecule has 0 aliphatic rings. The Bertz CT molecular complexity index is 368. The first-order valence-electron chi connectivity index (χ1n) is 3.53. The van der Waals surface area contributed by atoms with Crippen LogP contribution in [0.2, 0.25) is 0 Å². The van der Waals surface area contributed by atoms with E-state index >= 15 is 0 Å². The van der Waals surface area contributed by atoms with E-state index in [1.54, 1.807) is 6.33 Å². The highest BCUT2D eigenvalue weighted by Gasteiger charge is 1.98. The maximum absolute atomic E-state index is 4.11. The van der Waals surface area contributed by atoms with E-state index < -0.39 is 0 Å². The zero-order valence-corrected chi connectivity index (χ0v) is 8.37. The van der Waals surface area contributed by atoms with Crippen LogP contribution in [0.1, 0.15) is 0 Å². The minimum Gasteiger partial charge on any atom is -0.343 e. The second-order valence-electron chi connectivity index (χ2n) is 2.39. The van der Waals surface area contributed by atoms with Crippen molar-refractivity contribution in [3.63, 3.8) is 0 Å². The predicted octanol–water partition coefficient (Wildman–Crippen LogP) is 2.48. The summed E-state index contributed by atoms with van der Waals surface area (Å²) in [7, 11) is 0. The third-order valence-corrected chi connectivity index (χ3v) is 2.22. The smallest absolute Gasteiger partial charge is 0.0977 e. The molecule has 0 aliphatic carbocycles. The van der Waals surface area contributed by atoms with Gasteiger partial charge >= 0.3 is 0 Å². The van der Waals surface area contributed by atoms with Gasteiger partial charge in [0.15, 0.2) is 0 Å². The maximum Gasteiger partial charge on any atom is 0.0977 e. The van der Waals surface area contributed by atoms with Crippen LogP contribution in [0.5, 0.6) is 0 Å². The Balaban J connectivity index is 2.48. The molecule has 0 atom stereocenters. The quantitative estimate of drug-likeness (QED) is 0.791. The largest absolute Gasteiger partial charge is 0.343 e. The molecule has 3 heteroatoms. The molecule has 1 aromatic heterocycles. The summed E-state index contributed by atoms with van der Waals surface area (Å²) in [4.78, 5) is 6.92. The molecule has 0 saturated heterocycles. The van der Waals surface area contributed by atoms with E-state index in [9.17, 15) is 0 Å². The number of benzene rings is 1. The molecule has 2 aromatic rings. The summed E-state index contributed by atoms with van der Waals surface area (Å²) >= 11 is 2.28. The van der Waals surface area contributed by atoms with E-state index in [-0.39, 0.29) is 0 Å². The Hall–Kier alpha value is -0.840. The predicted molar refractivity (Wildman–Crippen MR) is 55.6 cm³/mol. The highest BCUT2D eigenvalue weighted by molar-refractivity contribution is 14.1. The van der Waals surface area contributed by atoms with Gasteiger partial charge < -0.3 is 4.98 Å². The Morgan fingerprint density at radius 2 is 2.33 bits per heavy atom. The van der Waals surface area contributed by atoms with Gasteiger partial charge in [-0.2, -0.15) is 0 Å². The van der Waals surface area contributed by atoms with Crippen molar-refractivity contribution in [2.45, 2.75) is 0 Å². The van der Waals surface area contributed by atoms with Gasteiger partial charge in [-0.3, -0.25) is 0 Å². The molecule has 0 unspecified atom stereocenters. The number of aromatic nitrogens is 2. The summed E-state index contributed by atoms with van der Waals surface area (Å²) in [5.74, 6) is 0. The molecule has 59 valence electrons. The average Bonchev–Trinajstić information content (AvgIpc) is 2.56. The van der Waals surface area contributed by atoms with Crippen molar-refractivity contribution < 1.29 is 0 Å². The van der Waals surface area contributed by atoms with Gasteiger partial charge in [0.25, 0.3) is 0 Å². The van der Waals surface area contributed by atoms with Crippen molar-refractivity contribution in [1.29, 1.82) is 0 Å². The Labute approximate surface area is 84.2 Å². The summed E-state index contributed by atoms with van der Waals surface area (Å²) in [6.45, 7) is 0.